The number of nitriles is 1. The zero-order chi connectivity index (χ0) is 18.6. The van der Waals surface area contributed by atoms with Crippen molar-refractivity contribution in [3.05, 3.63) is 35.9 Å². The number of benzene rings is 1. The Morgan fingerprint density at radius 2 is 1.96 bits per heavy atom. The molecule has 5 nitrogen and oxygen atoms in total. The van der Waals surface area contributed by atoms with Crippen molar-refractivity contribution in [1.29, 1.82) is 5.26 Å². The first-order valence-corrected chi connectivity index (χ1v) is 9.49. The molecule has 1 saturated carbocycles. The van der Waals surface area contributed by atoms with Crippen LogP contribution in [0.3, 0.4) is 0 Å². The average Bonchev–Trinajstić information content (AvgIpc) is 2.69. The molecular weight excluding hydrogens is 326 g/mol. The summed E-state index contributed by atoms with van der Waals surface area (Å²) in [6, 6.07) is 9.35. The van der Waals surface area contributed by atoms with Crippen molar-refractivity contribution in [3.8, 4) is 11.8 Å². The summed E-state index contributed by atoms with van der Waals surface area (Å²) < 4.78 is 0. The van der Waals surface area contributed by atoms with E-state index in [0.717, 1.165) is 50.6 Å². The summed E-state index contributed by atoms with van der Waals surface area (Å²) in [5.41, 5.74) is 1.69. The first kappa shape index (κ1) is 18.5. The van der Waals surface area contributed by atoms with Gasteiger partial charge in [-0.2, -0.15) is 5.26 Å². The molecule has 1 aliphatic carbocycles. The van der Waals surface area contributed by atoms with Crippen LogP contribution >= 0.6 is 0 Å². The van der Waals surface area contributed by atoms with Gasteiger partial charge in [-0.1, -0.05) is 37.5 Å². The number of hydrogen-bond acceptors (Lipinski definition) is 4. The number of phenols is 1. The predicted octanol–water partition coefficient (Wildman–Crippen LogP) is 3.21. The van der Waals surface area contributed by atoms with E-state index >= 15 is 0 Å². The molecule has 138 valence electrons. The van der Waals surface area contributed by atoms with Crippen molar-refractivity contribution in [2.24, 2.45) is 0 Å². The van der Waals surface area contributed by atoms with Crippen LogP contribution in [0.1, 0.15) is 51.0 Å². The third-order valence-electron chi connectivity index (χ3n) is 5.69. The van der Waals surface area contributed by atoms with Gasteiger partial charge in [-0.3, -0.25) is 9.69 Å². The monoisotopic (exact) mass is 353 g/mol. The fraction of sp³-hybridized carbons (Fsp3) is 0.524. The molecule has 0 bridgehead atoms. The number of amides is 1. The smallest absolute Gasteiger partial charge is 0.238 e. The molecule has 26 heavy (non-hydrogen) atoms. The summed E-state index contributed by atoms with van der Waals surface area (Å²) >= 11 is 0. The normalized spacial score (nSPS) is 21.3. The van der Waals surface area contributed by atoms with Gasteiger partial charge in [0.2, 0.25) is 5.91 Å². The van der Waals surface area contributed by atoms with Crippen LogP contribution in [0.2, 0.25) is 0 Å². The Bertz CT molecular complexity index is 712. The summed E-state index contributed by atoms with van der Waals surface area (Å²) in [5.74, 6) is 0.223. The summed E-state index contributed by atoms with van der Waals surface area (Å²) in [6.07, 6.45) is 7.69. The largest absolute Gasteiger partial charge is 0.508 e. The molecule has 3 rings (SSSR count). The zero-order valence-corrected chi connectivity index (χ0v) is 15.4. The molecule has 1 fully saturated rings. The molecule has 0 spiro atoms. The molecule has 0 saturated heterocycles. The van der Waals surface area contributed by atoms with Crippen LogP contribution < -0.4 is 5.32 Å². The topological polar surface area (TPSA) is 76.4 Å². The Labute approximate surface area is 155 Å². The second-order valence-corrected chi connectivity index (χ2v) is 7.44. The first-order valence-electron chi connectivity index (χ1n) is 9.49. The van der Waals surface area contributed by atoms with E-state index in [2.05, 4.69) is 22.4 Å². The highest BCUT2D eigenvalue weighted by Crippen LogP contribution is 2.28. The van der Waals surface area contributed by atoms with Crippen LogP contribution in [0.5, 0.6) is 5.75 Å². The molecule has 0 radical (unpaired) electrons. The number of carbonyl (C=O) groups is 1. The van der Waals surface area contributed by atoms with Gasteiger partial charge in [0.25, 0.3) is 0 Å². The zero-order valence-electron chi connectivity index (χ0n) is 15.4. The van der Waals surface area contributed by atoms with E-state index in [1.165, 1.54) is 5.57 Å². The molecular formula is C21H27N3O2. The number of phenolic OH excluding ortho intramolecular Hbond substituents is 1. The van der Waals surface area contributed by atoms with E-state index in [1.807, 2.05) is 19.1 Å². The fourth-order valence-corrected chi connectivity index (χ4v) is 3.90. The van der Waals surface area contributed by atoms with Gasteiger partial charge in [-0.25, -0.2) is 0 Å². The maximum atomic E-state index is 12.7. The Kier molecular flexibility index (Phi) is 5.63. The van der Waals surface area contributed by atoms with Crippen molar-refractivity contribution in [2.75, 3.05) is 13.1 Å². The average molecular weight is 353 g/mol. The van der Waals surface area contributed by atoms with E-state index in [1.54, 1.807) is 12.1 Å². The minimum Gasteiger partial charge on any atom is -0.508 e. The van der Waals surface area contributed by atoms with Gasteiger partial charge in [0.15, 0.2) is 0 Å². The summed E-state index contributed by atoms with van der Waals surface area (Å²) in [5, 5.41) is 22.0. The van der Waals surface area contributed by atoms with Crippen molar-refractivity contribution in [3.63, 3.8) is 0 Å². The second-order valence-electron chi connectivity index (χ2n) is 7.44. The maximum absolute atomic E-state index is 12.7. The minimum absolute atomic E-state index is 0.0464. The third-order valence-corrected chi connectivity index (χ3v) is 5.69. The number of aromatic hydroxyl groups is 1. The Balaban J connectivity index is 1.60. The van der Waals surface area contributed by atoms with E-state index in [-0.39, 0.29) is 17.7 Å². The highest BCUT2D eigenvalue weighted by molar-refractivity contribution is 5.82. The van der Waals surface area contributed by atoms with Gasteiger partial charge in [0.1, 0.15) is 11.3 Å². The molecule has 1 aromatic carbocycles. The van der Waals surface area contributed by atoms with Crippen molar-refractivity contribution in [2.45, 2.75) is 57.0 Å². The quantitative estimate of drug-likeness (QED) is 0.871. The van der Waals surface area contributed by atoms with E-state index < -0.39 is 5.54 Å². The van der Waals surface area contributed by atoms with Gasteiger partial charge >= 0.3 is 0 Å². The summed E-state index contributed by atoms with van der Waals surface area (Å²) in [4.78, 5) is 14.9. The number of nitrogens with one attached hydrogen (secondary N) is 1. The van der Waals surface area contributed by atoms with Crippen LogP contribution in [0.15, 0.2) is 30.3 Å². The molecule has 1 atom stereocenters. The SMILES string of the molecule is CC(C(=O)NC1(C#N)CCCCC1)N1CC=C(c2ccc(O)cc2)CC1. The fourth-order valence-electron chi connectivity index (χ4n) is 3.90. The summed E-state index contributed by atoms with van der Waals surface area (Å²) in [6.45, 7) is 3.44. The highest BCUT2D eigenvalue weighted by Gasteiger charge is 2.35. The lowest BCUT2D eigenvalue weighted by Crippen LogP contribution is -2.55. The van der Waals surface area contributed by atoms with Crippen LogP contribution in [0, 0.1) is 11.3 Å². The van der Waals surface area contributed by atoms with Gasteiger partial charge in [-0.15, -0.1) is 0 Å². The highest BCUT2D eigenvalue weighted by atomic mass is 16.3. The van der Waals surface area contributed by atoms with E-state index in [9.17, 15) is 15.2 Å². The summed E-state index contributed by atoms with van der Waals surface area (Å²) in [7, 11) is 0. The number of carbonyl (C=O) groups excluding carboxylic acids is 1. The van der Waals surface area contributed by atoms with E-state index in [0.29, 0.717) is 6.54 Å². The number of rotatable bonds is 4. The maximum Gasteiger partial charge on any atom is 0.238 e. The van der Waals surface area contributed by atoms with Gasteiger partial charge in [0.05, 0.1) is 12.1 Å². The van der Waals surface area contributed by atoms with Crippen molar-refractivity contribution < 1.29 is 9.90 Å². The lowest BCUT2D eigenvalue weighted by atomic mass is 9.82. The van der Waals surface area contributed by atoms with Crippen LogP contribution in [-0.4, -0.2) is 40.6 Å². The predicted molar refractivity (Wildman–Crippen MR) is 101 cm³/mol. The first-order chi connectivity index (χ1) is 12.5. The van der Waals surface area contributed by atoms with Gasteiger partial charge in [-0.05, 0) is 49.5 Å². The third kappa shape index (κ3) is 4.08. The second kappa shape index (κ2) is 7.92. The molecule has 1 unspecified atom stereocenters. The molecule has 1 amide bonds. The lowest BCUT2D eigenvalue weighted by molar-refractivity contribution is -0.127. The van der Waals surface area contributed by atoms with Gasteiger partial charge in [0, 0.05) is 13.1 Å². The molecule has 0 aromatic heterocycles. The minimum atomic E-state index is -0.674. The molecule has 2 N–H and O–H groups in total. The van der Waals surface area contributed by atoms with Crippen LogP contribution in [0.25, 0.3) is 5.57 Å². The molecule has 1 heterocycles. The van der Waals surface area contributed by atoms with Crippen LogP contribution in [0.4, 0.5) is 0 Å². The molecule has 5 heteroatoms. The standard InChI is InChI=1S/C21H27N3O2/c1-16(20(26)23-21(15-22)11-3-2-4-12-21)24-13-9-18(10-14-24)17-5-7-19(25)8-6-17/h5-9,16,25H,2-4,10-14H2,1H3,(H,23,26). The molecule has 1 aromatic rings. The Hall–Kier alpha value is -2.32. The van der Waals surface area contributed by atoms with Crippen LogP contribution in [-0.2, 0) is 4.79 Å². The molecule has 1 aliphatic heterocycles. The number of nitrogens with zero attached hydrogens (tertiary/aromatic N) is 2. The Morgan fingerprint density at radius 1 is 1.27 bits per heavy atom. The molecule has 2 aliphatic rings. The van der Waals surface area contributed by atoms with E-state index in [4.69, 9.17) is 0 Å². The Morgan fingerprint density at radius 3 is 2.54 bits per heavy atom. The number of hydrogen-bond donors (Lipinski definition) is 2. The van der Waals surface area contributed by atoms with Gasteiger partial charge < -0.3 is 10.4 Å². The van der Waals surface area contributed by atoms with Crippen molar-refractivity contribution >= 4 is 11.5 Å². The van der Waals surface area contributed by atoms with Crippen molar-refractivity contribution in [1.82, 2.24) is 10.2 Å². The lowest BCUT2D eigenvalue weighted by Gasteiger charge is -2.36.